The molecular weight excluding hydrogens is 240 g/mol. The zero-order valence-electron chi connectivity index (χ0n) is 11.0. The summed E-state index contributed by atoms with van der Waals surface area (Å²) in [6.07, 6.45) is 1.67. The molecule has 19 heavy (non-hydrogen) atoms. The van der Waals surface area contributed by atoms with Crippen molar-refractivity contribution in [3.8, 4) is 11.3 Å². The van der Waals surface area contributed by atoms with Crippen LogP contribution in [0.3, 0.4) is 0 Å². The average molecular weight is 256 g/mol. The summed E-state index contributed by atoms with van der Waals surface area (Å²) < 4.78 is 0. The number of fused-ring (bicyclic) bond motifs is 3. The van der Waals surface area contributed by atoms with Crippen LogP contribution in [0.1, 0.15) is 31.4 Å². The van der Waals surface area contributed by atoms with Crippen LogP contribution in [0.2, 0.25) is 0 Å². The first-order valence-corrected chi connectivity index (χ1v) is 6.50. The van der Waals surface area contributed by atoms with Crippen LogP contribution in [0, 0.1) is 0 Å². The van der Waals surface area contributed by atoms with E-state index in [4.69, 9.17) is 0 Å². The van der Waals surface area contributed by atoms with E-state index in [0.717, 1.165) is 18.4 Å². The second-order valence-electron chi connectivity index (χ2n) is 5.41. The van der Waals surface area contributed by atoms with Gasteiger partial charge in [0.05, 0.1) is 5.69 Å². The van der Waals surface area contributed by atoms with E-state index in [-0.39, 0.29) is 11.0 Å². The fourth-order valence-electron chi connectivity index (χ4n) is 2.99. The number of rotatable bonds is 1. The second kappa shape index (κ2) is 3.95. The maximum Gasteiger partial charge on any atom is 0.326 e. The second-order valence-corrected chi connectivity index (χ2v) is 5.41. The van der Waals surface area contributed by atoms with Crippen LogP contribution in [-0.4, -0.2) is 9.97 Å². The molecule has 1 atom stereocenters. The third-order valence-corrected chi connectivity index (χ3v) is 4.19. The number of hydrogen-bond donors (Lipinski definition) is 2. The van der Waals surface area contributed by atoms with Gasteiger partial charge in [-0.1, -0.05) is 38.1 Å². The number of aromatic amines is 2. The van der Waals surface area contributed by atoms with Gasteiger partial charge in [0, 0.05) is 16.5 Å². The van der Waals surface area contributed by atoms with Gasteiger partial charge in [-0.05, 0) is 18.4 Å². The molecule has 0 bridgehead atoms. The van der Waals surface area contributed by atoms with Crippen LogP contribution in [-0.2, 0) is 11.8 Å². The summed E-state index contributed by atoms with van der Waals surface area (Å²) in [5.74, 6) is 0. The van der Waals surface area contributed by atoms with Gasteiger partial charge in [0.25, 0.3) is 5.56 Å². The Morgan fingerprint density at radius 1 is 1.21 bits per heavy atom. The maximum absolute atomic E-state index is 12.2. The highest BCUT2D eigenvalue weighted by atomic mass is 16.2. The van der Waals surface area contributed by atoms with Gasteiger partial charge in [-0.25, -0.2) is 4.79 Å². The van der Waals surface area contributed by atoms with Gasteiger partial charge in [-0.2, -0.15) is 0 Å². The molecule has 0 saturated heterocycles. The van der Waals surface area contributed by atoms with Crippen molar-refractivity contribution < 1.29 is 0 Å². The van der Waals surface area contributed by atoms with Crippen molar-refractivity contribution in [2.24, 2.45) is 0 Å². The van der Waals surface area contributed by atoms with E-state index in [1.54, 1.807) is 0 Å². The third-order valence-electron chi connectivity index (χ3n) is 4.19. The fraction of sp³-hybridized carbons (Fsp3) is 0.333. The SMILES string of the molecule is CC[C@]1(C)Cc2ccccc2-c2[nH]c(=O)[nH]c(=O)c21. The summed E-state index contributed by atoms with van der Waals surface area (Å²) in [4.78, 5) is 28.9. The van der Waals surface area contributed by atoms with Crippen LogP contribution >= 0.6 is 0 Å². The first-order valence-electron chi connectivity index (χ1n) is 6.50. The molecule has 0 radical (unpaired) electrons. The maximum atomic E-state index is 12.2. The van der Waals surface area contributed by atoms with E-state index in [0.29, 0.717) is 11.3 Å². The van der Waals surface area contributed by atoms with E-state index in [1.165, 1.54) is 5.56 Å². The summed E-state index contributed by atoms with van der Waals surface area (Å²) in [6, 6.07) is 7.94. The van der Waals surface area contributed by atoms with Crippen LogP contribution in [0.4, 0.5) is 0 Å². The molecule has 0 fully saturated rings. The van der Waals surface area contributed by atoms with Gasteiger partial charge in [0.15, 0.2) is 0 Å². The predicted molar refractivity (Wildman–Crippen MR) is 74.5 cm³/mol. The largest absolute Gasteiger partial charge is 0.326 e. The quantitative estimate of drug-likeness (QED) is 0.819. The van der Waals surface area contributed by atoms with Crippen LogP contribution in [0.15, 0.2) is 33.9 Å². The zero-order valence-corrected chi connectivity index (χ0v) is 11.0. The summed E-state index contributed by atoms with van der Waals surface area (Å²) in [5, 5.41) is 0. The van der Waals surface area contributed by atoms with Crippen molar-refractivity contribution >= 4 is 0 Å². The molecule has 98 valence electrons. The predicted octanol–water partition coefficient (Wildman–Crippen LogP) is 1.95. The van der Waals surface area contributed by atoms with Gasteiger partial charge < -0.3 is 4.98 Å². The normalized spacial score (nSPS) is 20.7. The molecule has 0 spiro atoms. The number of benzene rings is 1. The lowest BCUT2D eigenvalue weighted by Crippen LogP contribution is -2.39. The first-order chi connectivity index (χ1) is 9.05. The monoisotopic (exact) mass is 256 g/mol. The number of aromatic nitrogens is 2. The fourth-order valence-corrected chi connectivity index (χ4v) is 2.99. The molecule has 1 aromatic heterocycles. The lowest BCUT2D eigenvalue weighted by Gasteiger charge is -2.34. The molecule has 1 heterocycles. The Balaban J connectivity index is 2.44. The van der Waals surface area contributed by atoms with Crippen molar-refractivity contribution in [3.05, 3.63) is 56.2 Å². The van der Waals surface area contributed by atoms with Gasteiger partial charge in [-0.3, -0.25) is 9.78 Å². The first kappa shape index (κ1) is 12.0. The van der Waals surface area contributed by atoms with Gasteiger partial charge in [0.2, 0.25) is 0 Å². The number of nitrogens with one attached hydrogen (secondary N) is 2. The molecule has 2 N–H and O–H groups in total. The Hall–Kier alpha value is -2.10. The van der Waals surface area contributed by atoms with Crippen LogP contribution in [0.25, 0.3) is 11.3 Å². The minimum atomic E-state index is -0.445. The number of H-pyrrole nitrogens is 2. The molecule has 0 aliphatic heterocycles. The lowest BCUT2D eigenvalue weighted by atomic mass is 9.69. The topological polar surface area (TPSA) is 65.7 Å². The van der Waals surface area contributed by atoms with Crippen molar-refractivity contribution in [2.45, 2.75) is 32.1 Å². The Labute approximate surface area is 110 Å². The minimum absolute atomic E-state index is 0.235. The highest BCUT2D eigenvalue weighted by Crippen LogP contribution is 2.41. The third kappa shape index (κ3) is 1.67. The van der Waals surface area contributed by atoms with Crippen LogP contribution < -0.4 is 11.2 Å². The van der Waals surface area contributed by atoms with Gasteiger partial charge >= 0.3 is 5.69 Å². The smallest absolute Gasteiger partial charge is 0.307 e. The van der Waals surface area contributed by atoms with Crippen LogP contribution in [0.5, 0.6) is 0 Å². The highest BCUT2D eigenvalue weighted by Gasteiger charge is 2.36. The van der Waals surface area contributed by atoms with Crippen molar-refractivity contribution in [2.75, 3.05) is 0 Å². The Morgan fingerprint density at radius 2 is 1.95 bits per heavy atom. The standard InChI is InChI=1S/C15H16N2O2/c1-3-15(2)8-9-6-4-5-7-10(9)12-11(15)13(18)17-14(19)16-12/h4-7H,3,8H2,1-2H3,(H2,16,17,18,19)/t15-/m1/s1. The summed E-state index contributed by atoms with van der Waals surface area (Å²) in [7, 11) is 0. The summed E-state index contributed by atoms with van der Waals surface area (Å²) in [5.41, 5.74) is 2.58. The van der Waals surface area contributed by atoms with E-state index in [9.17, 15) is 9.59 Å². The summed E-state index contributed by atoms with van der Waals surface area (Å²) >= 11 is 0. The molecule has 4 nitrogen and oxygen atoms in total. The molecule has 1 aliphatic carbocycles. The minimum Gasteiger partial charge on any atom is -0.307 e. The van der Waals surface area contributed by atoms with Gasteiger partial charge in [0.1, 0.15) is 0 Å². The molecule has 0 unspecified atom stereocenters. The van der Waals surface area contributed by atoms with E-state index >= 15 is 0 Å². The Bertz CT molecular complexity index is 757. The molecule has 1 aliphatic rings. The van der Waals surface area contributed by atoms with Gasteiger partial charge in [-0.15, -0.1) is 0 Å². The molecule has 0 saturated carbocycles. The van der Waals surface area contributed by atoms with Crippen molar-refractivity contribution in [1.29, 1.82) is 0 Å². The molecular formula is C15H16N2O2. The number of hydrogen-bond acceptors (Lipinski definition) is 2. The molecule has 2 aromatic rings. The Morgan fingerprint density at radius 3 is 2.68 bits per heavy atom. The van der Waals surface area contributed by atoms with E-state index < -0.39 is 5.69 Å². The Kier molecular flexibility index (Phi) is 2.49. The summed E-state index contributed by atoms with van der Waals surface area (Å²) in [6.45, 7) is 4.15. The average Bonchev–Trinajstić information content (AvgIpc) is 2.38. The molecule has 4 heteroatoms. The van der Waals surface area contributed by atoms with E-state index in [2.05, 4.69) is 29.9 Å². The molecule has 0 amide bonds. The zero-order chi connectivity index (χ0) is 13.6. The van der Waals surface area contributed by atoms with Crippen molar-refractivity contribution in [1.82, 2.24) is 9.97 Å². The molecule has 1 aromatic carbocycles. The highest BCUT2D eigenvalue weighted by molar-refractivity contribution is 5.71. The lowest BCUT2D eigenvalue weighted by molar-refractivity contribution is 0.440. The van der Waals surface area contributed by atoms with E-state index in [1.807, 2.05) is 18.2 Å². The van der Waals surface area contributed by atoms with Crippen molar-refractivity contribution in [3.63, 3.8) is 0 Å². The molecule has 3 rings (SSSR count).